The minimum Gasteiger partial charge on any atom is -0.292 e. The number of rotatable bonds is 6. The largest absolute Gasteiger partial charge is 0.292 e. The second-order valence-corrected chi connectivity index (χ2v) is 6.67. The molecule has 0 radical (unpaired) electrons. The van der Waals surface area contributed by atoms with E-state index in [4.69, 9.17) is 4.98 Å². The maximum Gasteiger partial charge on any atom is 0.0959 e. The lowest BCUT2D eigenvalue weighted by Crippen LogP contribution is -2.23. The van der Waals surface area contributed by atoms with Crippen molar-refractivity contribution in [3.05, 3.63) is 46.2 Å². The highest BCUT2D eigenvalue weighted by Gasteiger charge is 2.20. The van der Waals surface area contributed by atoms with Gasteiger partial charge in [0.25, 0.3) is 0 Å². The SMILES string of the molecule is CCN(Cc1ccccn1)Cc1csc(C2CCCC2)n1. The third-order valence-corrected chi connectivity index (χ3v) is 5.27. The van der Waals surface area contributed by atoms with Gasteiger partial charge >= 0.3 is 0 Å². The van der Waals surface area contributed by atoms with E-state index in [1.54, 1.807) is 0 Å². The summed E-state index contributed by atoms with van der Waals surface area (Å²) in [6.45, 7) is 5.05. The molecule has 1 aliphatic carbocycles. The van der Waals surface area contributed by atoms with Crippen molar-refractivity contribution < 1.29 is 0 Å². The van der Waals surface area contributed by atoms with Gasteiger partial charge in [-0.2, -0.15) is 0 Å². The molecule has 0 N–H and O–H groups in total. The van der Waals surface area contributed by atoms with Gasteiger partial charge in [0.15, 0.2) is 0 Å². The summed E-state index contributed by atoms with van der Waals surface area (Å²) < 4.78 is 0. The van der Waals surface area contributed by atoms with Gasteiger partial charge in [-0.1, -0.05) is 25.8 Å². The number of thiazole rings is 1. The highest BCUT2D eigenvalue weighted by Crippen LogP contribution is 2.35. The number of aromatic nitrogens is 2. The first-order chi connectivity index (χ1) is 10.3. The molecule has 2 aromatic rings. The Morgan fingerprint density at radius 3 is 2.71 bits per heavy atom. The Kier molecular flexibility index (Phi) is 4.99. The molecule has 3 nitrogen and oxygen atoms in total. The van der Waals surface area contributed by atoms with Gasteiger partial charge in [0.1, 0.15) is 0 Å². The summed E-state index contributed by atoms with van der Waals surface area (Å²) in [5.41, 5.74) is 2.35. The predicted molar refractivity (Wildman–Crippen MR) is 87.3 cm³/mol. The highest BCUT2D eigenvalue weighted by atomic mass is 32.1. The Balaban J connectivity index is 1.61. The standard InChI is InChI=1S/C17H23N3S/c1-2-20(11-15-9-5-6-10-18-15)12-16-13-21-17(19-16)14-7-3-4-8-14/h5-6,9-10,13-14H,2-4,7-8,11-12H2,1H3. The van der Waals surface area contributed by atoms with Crippen molar-refractivity contribution in [3.8, 4) is 0 Å². The molecule has 2 aromatic heterocycles. The lowest BCUT2D eigenvalue weighted by atomic mass is 10.1. The second-order valence-electron chi connectivity index (χ2n) is 5.78. The first-order valence-electron chi connectivity index (χ1n) is 7.91. The highest BCUT2D eigenvalue weighted by molar-refractivity contribution is 7.09. The molecule has 112 valence electrons. The molecule has 2 heterocycles. The number of nitrogens with zero attached hydrogens (tertiary/aromatic N) is 3. The van der Waals surface area contributed by atoms with E-state index in [9.17, 15) is 0 Å². The minimum atomic E-state index is 0.731. The Morgan fingerprint density at radius 1 is 1.19 bits per heavy atom. The quantitative estimate of drug-likeness (QED) is 0.800. The van der Waals surface area contributed by atoms with Crippen molar-refractivity contribution in [1.29, 1.82) is 0 Å². The molecule has 0 aliphatic heterocycles. The maximum atomic E-state index is 4.88. The smallest absolute Gasteiger partial charge is 0.0959 e. The van der Waals surface area contributed by atoms with E-state index in [1.807, 2.05) is 23.6 Å². The molecule has 4 heteroatoms. The van der Waals surface area contributed by atoms with Crippen LogP contribution >= 0.6 is 11.3 Å². The molecular formula is C17H23N3S. The summed E-state index contributed by atoms with van der Waals surface area (Å²) in [4.78, 5) is 11.7. The topological polar surface area (TPSA) is 29.0 Å². The fourth-order valence-electron chi connectivity index (χ4n) is 2.98. The van der Waals surface area contributed by atoms with E-state index >= 15 is 0 Å². The van der Waals surface area contributed by atoms with E-state index in [2.05, 4.69) is 34.3 Å². The van der Waals surface area contributed by atoms with E-state index < -0.39 is 0 Å². The average molecular weight is 301 g/mol. The van der Waals surface area contributed by atoms with Crippen molar-refractivity contribution in [1.82, 2.24) is 14.9 Å². The molecule has 0 saturated heterocycles. The number of hydrogen-bond acceptors (Lipinski definition) is 4. The van der Waals surface area contributed by atoms with Crippen LogP contribution in [0.1, 0.15) is 54.9 Å². The zero-order valence-corrected chi connectivity index (χ0v) is 13.5. The molecule has 0 aromatic carbocycles. The molecule has 0 unspecified atom stereocenters. The zero-order chi connectivity index (χ0) is 14.5. The molecule has 1 fully saturated rings. The van der Waals surface area contributed by atoms with Crippen LogP contribution in [0.3, 0.4) is 0 Å². The Morgan fingerprint density at radius 2 is 2.00 bits per heavy atom. The summed E-state index contributed by atoms with van der Waals surface area (Å²) in [7, 11) is 0. The Hall–Kier alpha value is -1.26. The van der Waals surface area contributed by atoms with Crippen LogP contribution in [0.4, 0.5) is 0 Å². The van der Waals surface area contributed by atoms with Gasteiger partial charge in [0, 0.05) is 30.6 Å². The summed E-state index contributed by atoms with van der Waals surface area (Å²) in [5.74, 6) is 0.731. The van der Waals surface area contributed by atoms with Gasteiger partial charge in [-0.25, -0.2) is 4.98 Å². The van der Waals surface area contributed by atoms with Crippen LogP contribution in [-0.4, -0.2) is 21.4 Å². The molecular weight excluding hydrogens is 278 g/mol. The van der Waals surface area contributed by atoms with Crippen LogP contribution in [0.25, 0.3) is 0 Å². The van der Waals surface area contributed by atoms with E-state index in [0.717, 1.165) is 31.2 Å². The van der Waals surface area contributed by atoms with E-state index in [0.29, 0.717) is 0 Å². The van der Waals surface area contributed by atoms with Crippen molar-refractivity contribution in [3.63, 3.8) is 0 Å². The fourth-order valence-corrected chi connectivity index (χ4v) is 3.97. The van der Waals surface area contributed by atoms with Gasteiger partial charge in [0.05, 0.1) is 16.4 Å². The summed E-state index contributed by atoms with van der Waals surface area (Å²) in [5, 5.41) is 3.60. The van der Waals surface area contributed by atoms with Crippen LogP contribution < -0.4 is 0 Å². The lowest BCUT2D eigenvalue weighted by molar-refractivity contribution is 0.265. The Bertz CT molecular complexity index is 546. The normalized spacial score (nSPS) is 15.9. The van der Waals surface area contributed by atoms with E-state index in [-0.39, 0.29) is 0 Å². The van der Waals surface area contributed by atoms with Crippen molar-refractivity contribution in [2.75, 3.05) is 6.54 Å². The number of hydrogen-bond donors (Lipinski definition) is 0. The molecule has 1 aliphatic rings. The van der Waals surface area contributed by atoms with Gasteiger partial charge in [0.2, 0.25) is 0 Å². The van der Waals surface area contributed by atoms with Crippen LogP contribution in [0, 0.1) is 0 Å². The van der Waals surface area contributed by atoms with Gasteiger partial charge in [-0.15, -0.1) is 11.3 Å². The maximum absolute atomic E-state index is 4.88. The second kappa shape index (κ2) is 7.14. The summed E-state index contributed by atoms with van der Waals surface area (Å²) in [6, 6.07) is 6.11. The predicted octanol–water partition coefficient (Wildman–Crippen LogP) is 4.22. The summed E-state index contributed by atoms with van der Waals surface area (Å²) in [6.07, 6.45) is 7.28. The molecule has 3 rings (SSSR count). The molecule has 0 spiro atoms. The zero-order valence-electron chi connectivity index (χ0n) is 12.7. The molecule has 21 heavy (non-hydrogen) atoms. The van der Waals surface area contributed by atoms with Crippen molar-refractivity contribution in [2.45, 2.75) is 51.6 Å². The third kappa shape index (κ3) is 3.89. The van der Waals surface area contributed by atoms with Crippen LogP contribution in [0.5, 0.6) is 0 Å². The minimum absolute atomic E-state index is 0.731. The molecule has 0 atom stereocenters. The van der Waals surface area contributed by atoms with Crippen LogP contribution in [0.15, 0.2) is 29.8 Å². The average Bonchev–Trinajstić information content (AvgIpc) is 3.18. The van der Waals surface area contributed by atoms with E-state index in [1.165, 1.54) is 36.4 Å². The monoisotopic (exact) mass is 301 g/mol. The van der Waals surface area contributed by atoms with Crippen LogP contribution in [-0.2, 0) is 13.1 Å². The first-order valence-corrected chi connectivity index (χ1v) is 8.79. The fraction of sp³-hybridized carbons (Fsp3) is 0.529. The Labute approximate surface area is 131 Å². The van der Waals surface area contributed by atoms with Gasteiger partial charge in [-0.3, -0.25) is 9.88 Å². The van der Waals surface area contributed by atoms with Crippen LogP contribution in [0.2, 0.25) is 0 Å². The summed E-state index contributed by atoms with van der Waals surface area (Å²) >= 11 is 1.85. The number of pyridine rings is 1. The molecule has 1 saturated carbocycles. The van der Waals surface area contributed by atoms with Crippen molar-refractivity contribution >= 4 is 11.3 Å². The van der Waals surface area contributed by atoms with Gasteiger partial charge in [-0.05, 0) is 31.5 Å². The van der Waals surface area contributed by atoms with Gasteiger partial charge < -0.3 is 0 Å². The molecule has 0 amide bonds. The lowest BCUT2D eigenvalue weighted by Gasteiger charge is -2.18. The van der Waals surface area contributed by atoms with Crippen molar-refractivity contribution in [2.24, 2.45) is 0 Å². The first kappa shape index (κ1) is 14.7. The molecule has 0 bridgehead atoms. The third-order valence-electron chi connectivity index (χ3n) is 4.22.